The predicted molar refractivity (Wildman–Crippen MR) is 82.1 cm³/mol. The van der Waals surface area contributed by atoms with E-state index in [1.807, 2.05) is 29.7 Å². The second kappa shape index (κ2) is 7.57. The first-order valence-electron chi connectivity index (χ1n) is 6.10. The second-order valence-electron chi connectivity index (χ2n) is 4.02. The zero-order valence-electron chi connectivity index (χ0n) is 11.1. The molecule has 0 radical (unpaired) electrons. The van der Waals surface area contributed by atoms with Crippen LogP contribution in [0.1, 0.15) is 5.56 Å². The molecule has 0 heterocycles. The first-order valence-corrected chi connectivity index (χ1v) is 7.32. The van der Waals surface area contributed by atoms with Crippen LogP contribution in [-0.4, -0.2) is 17.8 Å². The van der Waals surface area contributed by atoms with Gasteiger partial charge in [0.2, 0.25) is 0 Å². The van der Waals surface area contributed by atoms with Gasteiger partial charge < -0.3 is 4.74 Å². The molecular weight excluding hydrogens is 272 g/mol. The van der Waals surface area contributed by atoms with Crippen molar-refractivity contribution in [3.63, 3.8) is 0 Å². The minimum atomic E-state index is 0.537. The van der Waals surface area contributed by atoms with Crippen LogP contribution in [0.2, 0.25) is 0 Å². The first-order chi connectivity index (χ1) is 9.81. The quantitative estimate of drug-likeness (QED) is 0.369. The molecule has 0 atom stereocenters. The van der Waals surface area contributed by atoms with Crippen LogP contribution < -0.4 is 10.2 Å². The largest absolute Gasteiger partial charge is 0.489 e. The van der Waals surface area contributed by atoms with Gasteiger partial charge in [-0.25, -0.2) is 4.99 Å². The molecule has 0 aliphatic carbocycles. The van der Waals surface area contributed by atoms with Crippen LogP contribution in [0, 0.1) is 0 Å². The second-order valence-corrected chi connectivity index (χ2v) is 4.90. The molecule has 0 saturated heterocycles. The van der Waals surface area contributed by atoms with Crippen molar-refractivity contribution in [2.75, 3.05) is 6.26 Å². The van der Waals surface area contributed by atoms with Crippen LogP contribution in [0.5, 0.6) is 5.75 Å². The van der Waals surface area contributed by atoms with Crippen molar-refractivity contribution in [3.8, 4) is 5.75 Å². The molecule has 0 aliphatic heterocycles. The van der Waals surface area contributed by atoms with Gasteiger partial charge in [0.25, 0.3) is 0 Å². The summed E-state index contributed by atoms with van der Waals surface area (Å²) in [6, 6.07) is 15.6. The van der Waals surface area contributed by atoms with Gasteiger partial charge >= 0.3 is 0 Å². The Labute approximate surface area is 122 Å². The van der Waals surface area contributed by atoms with Crippen molar-refractivity contribution in [3.05, 3.63) is 54.1 Å². The van der Waals surface area contributed by atoms with E-state index in [1.165, 1.54) is 11.2 Å². The topological polar surface area (TPSA) is 53.8 Å². The fourth-order valence-corrected chi connectivity index (χ4v) is 2.03. The number of hydrogen-bond acceptors (Lipinski definition) is 4. The number of aliphatic imine (C=N–C) groups is 1. The van der Waals surface area contributed by atoms with Crippen LogP contribution in [0.25, 0.3) is 0 Å². The Kier molecular flexibility index (Phi) is 5.46. The zero-order valence-corrected chi connectivity index (χ0v) is 11.9. The van der Waals surface area contributed by atoms with Crippen molar-refractivity contribution < 1.29 is 9.94 Å². The van der Waals surface area contributed by atoms with Crippen LogP contribution in [0.15, 0.2) is 58.4 Å². The third-order valence-electron chi connectivity index (χ3n) is 2.67. The Morgan fingerprint density at radius 2 is 1.85 bits per heavy atom. The average Bonchev–Trinajstić information content (AvgIpc) is 2.52. The molecule has 0 saturated carbocycles. The molecule has 0 spiro atoms. The van der Waals surface area contributed by atoms with E-state index in [2.05, 4.69) is 35.5 Å². The number of benzene rings is 2. The number of nitrogens with zero attached hydrogens (tertiary/aromatic N) is 1. The maximum absolute atomic E-state index is 8.40. The van der Waals surface area contributed by atoms with Crippen molar-refractivity contribution in [1.29, 1.82) is 0 Å². The number of rotatable bonds is 6. The standard InChI is InChI=1S/C15H16N2O2S/c1-20-15-8-2-12(3-9-15)10-19-14-6-4-13(5-7-14)16-11-17-18/h2-9,11,18H,10H2,1H3,(H,16,17). The Morgan fingerprint density at radius 3 is 2.45 bits per heavy atom. The van der Waals surface area contributed by atoms with Crippen molar-refractivity contribution >= 4 is 23.8 Å². The lowest BCUT2D eigenvalue weighted by Gasteiger charge is -2.07. The predicted octanol–water partition coefficient (Wildman–Crippen LogP) is 3.63. The van der Waals surface area contributed by atoms with E-state index in [0.717, 1.165) is 17.0 Å². The summed E-state index contributed by atoms with van der Waals surface area (Å²) in [4.78, 5) is 5.20. The Morgan fingerprint density at radius 1 is 1.15 bits per heavy atom. The van der Waals surface area contributed by atoms with Crippen molar-refractivity contribution in [1.82, 2.24) is 5.48 Å². The summed E-state index contributed by atoms with van der Waals surface area (Å²) in [6.07, 6.45) is 3.27. The molecule has 2 rings (SSSR count). The molecule has 2 aromatic rings. The highest BCUT2D eigenvalue weighted by atomic mass is 32.2. The lowest BCUT2D eigenvalue weighted by molar-refractivity contribution is 0.240. The molecule has 2 aromatic carbocycles. The molecule has 4 nitrogen and oxygen atoms in total. The molecule has 0 aromatic heterocycles. The fourth-order valence-electron chi connectivity index (χ4n) is 1.62. The van der Waals surface area contributed by atoms with Crippen LogP contribution >= 0.6 is 11.8 Å². The monoisotopic (exact) mass is 288 g/mol. The highest BCUT2D eigenvalue weighted by molar-refractivity contribution is 7.98. The summed E-state index contributed by atoms with van der Waals surface area (Å²) >= 11 is 1.72. The van der Waals surface area contributed by atoms with E-state index in [4.69, 9.17) is 9.94 Å². The molecule has 0 aliphatic rings. The molecule has 20 heavy (non-hydrogen) atoms. The minimum Gasteiger partial charge on any atom is -0.489 e. The van der Waals surface area contributed by atoms with Crippen molar-refractivity contribution in [2.24, 2.45) is 4.99 Å². The van der Waals surface area contributed by atoms with Gasteiger partial charge in [-0.3, -0.25) is 10.7 Å². The number of hydroxylamine groups is 1. The number of hydrogen-bond donors (Lipinski definition) is 2. The maximum Gasteiger partial charge on any atom is 0.119 e. The molecule has 0 bridgehead atoms. The van der Waals surface area contributed by atoms with Gasteiger partial charge in [0.15, 0.2) is 0 Å². The zero-order chi connectivity index (χ0) is 14.2. The Balaban J connectivity index is 1.91. The highest BCUT2D eigenvalue weighted by Gasteiger charge is 1.97. The average molecular weight is 288 g/mol. The maximum atomic E-state index is 8.40. The van der Waals surface area contributed by atoms with Crippen LogP contribution in [0.4, 0.5) is 5.69 Å². The van der Waals surface area contributed by atoms with Crippen molar-refractivity contribution in [2.45, 2.75) is 11.5 Å². The summed E-state index contributed by atoms with van der Waals surface area (Å²) in [5.41, 5.74) is 3.73. The van der Waals surface area contributed by atoms with Crippen LogP contribution in [0.3, 0.4) is 0 Å². The summed E-state index contributed by atoms with van der Waals surface area (Å²) in [5, 5.41) is 8.40. The van der Waals surface area contributed by atoms with E-state index >= 15 is 0 Å². The van der Waals surface area contributed by atoms with E-state index in [9.17, 15) is 0 Å². The van der Waals surface area contributed by atoms with E-state index in [0.29, 0.717) is 6.61 Å². The van der Waals surface area contributed by atoms with Gasteiger partial charge in [0, 0.05) is 4.90 Å². The molecule has 0 unspecified atom stereocenters. The summed E-state index contributed by atoms with van der Waals surface area (Å²) in [6.45, 7) is 0.537. The smallest absolute Gasteiger partial charge is 0.119 e. The molecule has 104 valence electrons. The van der Waals surface area contributed by atoms with Gasteiger partial charge in [-0.1, -0.05) is 12.1 Å². The molecule has 5 heteroatoms. The highest BCUT2D eigenvalue weighted by Crippen LogP contribution is 2.19. The Bertz CT molecular complexity index is 553. The Hall–Kier alpha value is -1.98. The van der Waals surface area contributed by atoms with E-state index < -0.39 is 0 Å². The fraction of sp³-hybridized carbons (Fsp3) is 0.133. The number of thioether (sulfide) groups is 1. The summed E-state index contributed by atoms with van der Waals surface area (Å²) < 4.78 is 5.70. The van der Waals surface area contributed by atoms with Gasteiger partial charge in [-0.2, -0.15) is 0 Å². The van der Waals surface area contributed by atoms with Crippen LogP contribution in [-0.2, 0) is 6.61 Å². The van der Waals surface area contributed by atoms with E-state index in [1.54, 1.807) is 11.8 Å². The lowest BCUT2D eigenvalue weighted by atomic mass is 10.2. The summed E-state index contributed by atoms with van der Waals surface area (Å²) in [5.74, 6) is 0.787. The van der Waals surface area contributed by atoms with Gasteiger partial charge in [0.1, 0.15) is 18.7 Å². The molecule has 2 N–H and O–H groups in total. The summed E-state index contributed by atoms with van der Waals surface area (Å²) in [7, 11) is 0. The first kappa shape index (κ1) is 14.4. The lowest BCUT2D eigenvalue weighted by Crippen LogP contribution is -2.00. The number of ether oxygens (including phenoxy) is 1. The van der Waals surface area contributed by atoms with E-state index in [-0.39, 0.29) is 0 Å². The molecule has 0 amide bonds. The van der Waals surface area contributed by atoms with Gasteiger partial charge in [-0.15, -0.1) is 11.8 Å². The molecular formula is C15H16N2O2S. The number of nitrogens with one attached hydrogen (secondary N) is 1. The third-order valence-corrected chi connectivity index (χ3v) is 3.42. The van der Waals surface area contributed by atoms with Gasteiger partial charge in [-0.05, 0) is 48.2 Å². The third kappa shape index (κ3) is 4.29. The SMILES string of the molecule is CSc1ccc(COc2ccc(N=CNO)cc2)cc1. The minimum absolute atomic E-state index is 0.537. The normalized spacial score (nSPS) is 10.7. The van der Waals surface area contributed by atoms with Gasteiger partial charge in [0.05, 0.1) is 5.69 Å². The molecule has 0 fully saturated rings.